The molecule has 1 nitrogen and oxygen atoms in total. The van der Waals surface area contributed by atoms with Gasteiger partial charge in [0.1, 0.15) is 0 Å². The highest BCUT2D eigenvalue weighted by molar-refractivity contribution is 6.91. The second-order valence-electron chi connectivity index (χ2n) is 3.15. The summed E-state index contributed by atoms with van der Waals surface area (Å²) < 4.78 is 5.94. The molecule has 2 aliphatic rings. The van der Waals surface area contributed by atoms with Crippen LogP contribution in [0.2, 0.25) is 30.7 Å². The molecule has 1 unspecified atom stereocenters. The Labute approximate surface area is 52.9 Å². The van der Waals surface area contributed by atoms with E-state index < -0.39 is 17.4 Å². The lowest BCUT2D eigenvalue weighted by atomic mass is 10.9. The fourth-order valence-corrected chi connectivity index (χ4v) is 12.2. The van der Waals surface area contributed by atoms with Gasteiger partial charge in [0, 0.05) is 0 Å². The minimum atomic E-state index is -0.791. The lowest BCUT2D eigenvalue weighted by Gasteiger charge is -2.03. The normalized spacial score (nSPS) is 40.9. The van der Waals surface area contributed by atoms with E-state index in [1.165, 1.54) is 24.2 Å². The molecule has 0 radical (unpaired) electrons. The van der Waals surface area contributed by atoms with Gasteiger partial charge in [0.25, 0.3) is 0 Å². The SMILES string of the molecule is C[SiH]1CC[Si]2(CC2)O1. The molecule has 46 valence electrons. The van der Waals surface area contributed by atoms with Crippen molar-refractivity contribution in [2.75, 3.05) is 0 Å². The zero-order chi connectivity index (χ0) is 5.61. The van der Waals surface area contributed by atoms with Crippen LogP contribution < -0.4 is 0 Å². The van der Waals surface area contributed by atoms with Gasteiger partial charge in [-0.2, -0.15) is 0 Å². The molecule has 0 aromatic rings. The maximum absolute atomic E-state index is 5.94. The van der Waals surface area contributed by atoms with Gasteiger partial charge in [0.15, 0.2) is 17.4 Å². The standard InChI is InChI=1S/C5H12OSi2/c1-7-2-3-8(6-7)4-5-8/h7H,2-5H2,1H3. The molecule has 0 amide bonds. The van der Waals surface area contributed by atoms with E-state index in [0.717, 1.165) is 0 Å². The summed E-state index contributed by atoms with van der Waals surface area (Å²) in [4.78, 5) is 0. The molecule has 0 N–H and O–H groups in total. The van der Waals surface area contributed by atoms with Crippen molar-refractivity contribution in [3.8, 4) is 0 Å². The van der Waals surface area contributed by atoms with E-state index in [1.807, 2.05) is 0 Å². The van der Waals surface area contributed by atoms with Crippen molar-refractivity contribution in [3.63, 3.8) is 0 Å². The molecule has 0 aromatic carbocycles. The minimum absolute atomic E-state index is 0.550. The Morgan fingerprint density at radius 1 is 1.38 bits per heavy atom. The number of hydrogen-bond acceptors (Lipinski definition) is 1. The summed E-state index contributed by atoms with van der Waals surface area (Å²) >= 11 is 0. The van der Waals surface area contributed by atoms with Crippen molar-refractivity contribution in [1.29, 1.82) is 0 Å². The maximum Gasteiger partial charge on any atom is 0.178 e. The van der Waals surface area contributed by atoms with Gasteiger partial charge in [-0.25, -0.2) is 0 Å². The zero-order valence-corrected chi connectivity index (χ0v) is 7.47. The fourth-order valence-electron chi connectivity index (χ4n) is 1.52. The van der Waals surface area contributed by atoms with Gasteiger partial charge in [-0.1, -0.05) is 0 Å². The summed E-state index contributed by atoms with van der Waals surface area (Å²) in [6.45, 7) is 2.35. The van der Waals surface area contributed by atoms with Crippen LogP contribution in [-0.2, 0) is 4.12 Å². The van der Waals surface area contributed by atoms with Crippen LogP contribution in [0.5, 0.6) is 0 Å². The van der Waals surface area contributed by atoms with Gasteiger partial charge in [0.2, 0.25) is 0 Å². The van der Waals surface area contributed by atoms with Crippen LogP contribution in [0.1, 0.15) is 0 Å². The average molecular weight is 144 g/mol. The average Bonchev–Trinajstić information content (AvgIpc) is 2.34. The van der Waals surface area contributed by atoms with Crippen LogP contribution in [0.15, 0.2) is 0 Å². The topological polar surface area (TPSA) is 9.23 Å². The molecule has 1 atom stereocenters. The molecule has 8 heavy (non-hydrogen) atoms. The summed E-state index contributed by atoms with van der Waals surface area (Å²) in [6.07, 6.45) is 0. The molecule has 0 saturated carbocycles. The summed E-state index contributed by atoms with van der Waals surface area (Å²) in [5.41, 5.74) is 0. The van der Waals surface area contributed by atoms with Crippen LogP contribution in [-0.4, -0.2) is 17.4 Å². The third-order valence-electron chi connectivity index (χ3n) is 2.27. The van der Waals surface area contributed by atoms with E-state index in [-0.39, 0.29) is 0 Å². The van der Waals surface area contributed by atoms with Crippen molar-refractivity contribution < 1.29 is 4.12 Å². The van der Waals surface area contributed by atoms with Gasteiger partial charge in [-0.15, -0.1) is 0 Å². The summed E-state index contributed by atoms with van der Waals surface area (Å²) in [5, 5.41) is 0. The Morgan fingerprint density at radius 3 is 2.38 bits per heavy atom. The van der Waals surface area contributed by atoms with Crippen LogP contribution >= 0.6 is 0 Å². The predicted molar refractivity (Wildman–Crippen MR) is 39.1 cm³/mol. The Hall–Kier alpha value is 0.394. The molecule has 2 fully saturated rings. The van der Waals surface area contributed by atoms with Crippen LogP contribution in [0, 0.1) is 0 Å². The van der Waals surface area contributed by atoms with E-state index in [9.17, 15) is 0 Å². The van der Waals surface area contributed by atoms with Crippen LogP contribution in [0.4, 0.5) is 0 Å². The minimum Gasteiger partial charge on any atom is -0.458 e. The third-order valence-corrected chi connectivity index (χ3v) is 10.4. The molecule has 2 saturated heterocycles. The highest BCUT2D eigenvalue weighted by Gasteiger charge is 2.51. The Kier molecular flexibility index (Phi) is 0.948. The van der Waals surface area contributed by atoms with Crippen LogP contribution in [0.25, 0.3) is 0 Å². The monoisotopic (exact) mass is 144 g/mol. The first-order chi connectivity index (χ1) is 3.81. The summed E-state index contributed by atoms with van der Waals surface area (Å²) in [6, 6.07) is 6.03. The Balaban J connectivity index is 2.03. The lowest BCUT2D eigenvalue weighted by molar-refractivity contribution is 0.615. The molecule has 2 heterocycles. The lowest BCUT2D eigenvalue weighted by Crippen LogP contribution is -2.16. The van der Waals surface area contributed by atoms with E-state index in [4.69, 9.17) is 4.12 Å². The first kappa shape index (κ1) is 5.20. The Bertz CT molecular complexity index is 111. The van der Waals surface area contributed by atoms with E-state index >= 15 is 0 Å². The van der Waals surface area contributed by atoms with E-state index in [0.29, 0.717) is 0 Å². The van der Waals surface area contributed by atoms with Crippen molar-refractivity contribution in [3.05, 3.63) is 0 Å². The predicted octanol–water partition coefficient (Wildman–Crippen LogP) is 1.33. The van der Waals surface area contributed by atoms with E-state index in [2.05, 4.69) is 6.55 Å². The van der Waals surface area contributed by atoms with Gasteiger partial charge in [0.05, 0.1) is 0 Å². The van der Waals surface area contributed by atoms with Crippen molar-refractivity contribution in [2.24, 2.45) is 0 Å². The van der Waals surface area contributed by atoms with Gasteiger partial charge in [-0.05, 0) is 30.7 Å². The molecule has 2 aliphatic heterocycles. The summed E-state index contributed by atoms with van der Waals surface area (Å²) in [7, 11) is -1.34. The zero-order valence-electron chi connectivity index (χ0n) is 5.31. The first-order valence-corrected chi connectivity index (χ1v) is 8.46. The smallest absolute Gasteiger partial charge is 0.178 e. The number of rotatable bonds is 0. The maximum atomic E-state index is 5.94. The molecule has 0 aliphatic carbocycles. The molecule has 3 heteroatoms. The quantitative estimate of drug-likeness (QED) is 0.466. The van der Waals surface area contributed by atoms with Crippen molar-refractivity contribution in [1.82, 2.24) is 0 Å². The van der Waals surface area contributed by atoms with Gasteiger partial charge >= 0.3 is 0 Å². The second-order valence-corrected chi connectivity index (χ2v) is 10.2. The van der Waals surface area contributed by atoms with Crippen molar-refractivity contribution >= 4 is 17.4 Å². The third kappa shape index (κ3) is 0.692. The Morgan fingerprint density at radius 2 is 2.12 bits per heavy atom. The largest absolute Gasteiger partial charge is 0.458 e. The molecule has 1 spiro atoms. The molecular formula is C5H12OSi2. The van der Waals surface area contributed by atoms with Crippen LogP contribution in [0.3, 0.4) is 0 Å². The van der Waals surface area contributed by atoms with Gasteiger partial charge in [-0.3, -0.25) is 0 Å². The second kappa shape index (κ2) is 1.46. The van der Waals surface area contributed by atoms with E-state index in [1.54, 1.807) is 0 Å². The molecular weight excluding hydrogens is 132 g/mol. The molecule has 0 bridgehead atoms. The highest BCUT2D eigenvalue weighted by Crippen LogP contribution is 2.46. The first-order valence-electron chi connectivity index (χ1n) is 3.49. The molecule has 2 rings (SSSR count). The number of hydrogen-bond donors (Lipinski definition) is 0. The highest BCUT2D eigenvalue weighted by atomic mass is 28.4. The molecule has 0 aromatic heterocycles. The van der Waals surface area contributed by atoms with Gasteiger partial charge < -0.3 is 4.12 Å². The fraction of sp³-hybridized carbons (Fsp3) is 1.00. The summed E-state index contributed by atoms with van der Waals surface area (Å²) in [5.74, 6) is 0. The van der Waals surface area contributed by atoms with Crippen molar-refractivity contribution in [2.45, 2.75) is 30.7 Å².